The zero-order chi connectivity index (χ0) is 17.6. The van der Waals surface area contributed by atoms with E-state index < -0.39 is 0 Å². The highest BCUT2D eigenvalue weighted by Gasteiger charge is 2.50. The normalized spacial score (nSPS) is 25.5. The number of carbonyl (C=O) groups is 1. The maximum atomic E-state index is 12.0. The lowest BCUT2D eigenvalue weighted by Crippen LogP contribution is -2.61. The Morgan fingerprint density at radius 2 is 2.00 bits per heavy atom. The molecule has 0 radical (unpaired) electrons. The van der Waals surface area contributed by atoms with Gasteiger partial charge in [-0.3, -0.25) is 4.90 Å². The third-order valence-electron chi connectivity index (χ3n) is 5.84. The summed E-state index contributed by atoms with van der Waals surface area (Å²) in [7, 11) is 3.98. The number of amides is 1. The van der Waals surface area contributed by atoms with Crippen molar-refractivity contribution in [3.05, 3.63) is 11.3 Å². The number of piperazine rings is 1. The van der Waals surface area contributed by atoms with Crippen LogP contribution < -0.4 is 9.80 Å². The first-order chi connectivity index (χ1) is 12.0. The summed E-state index contributed by atoms with van der Waals surface area (Å²) in [6, 6.07) is 0. The van der Waals surface area contributed by atoms with Crippen LogP contribution in [0.1, 0.15) is 37.4 Å². The molecule has 0 bridgehead atoms. The van der Waals surface area contributed by atoms with Gasteiger partial charge in [0, 0.05) is 39.3 Å². The van der Waals surface area contributed by atoms with Crippen molar-refractivity contribution in [2.75, 3.05) is 50.1 Å². The van der Waals surface area contributed by atoms with Crippen molar-refractivity contribution in [3.8, 4) is 0 Å². The molecule has 2 aliphatic heterocycles. The number of hydrogen-bond donors (Lipinski definition) is 0. The number of aromatic nitrogens is 2. The largest absolute Gasteiger partial charge is 0.447 e. The fourth-order valence-corrected chi connectivity index (χ4v) is 4.27. The first kappa shape index (κ1) is 16.4. The predicted molar refractivity (Wildman–Crippen MR) is 96.3 cm³/mol. The zero-order valence-electron chi connectivity index (χ0n) is 15.4. The van der Waals surface area contributed by atoms with E-state index in [2.05, 4.69) is 11.8 Å². The number of nitrogens with zero attached hydrogens (tertiary/aromatic N) is 5. The topological polar surface area (TPSA) is 61.8 Å². The molecule has 0 N–H and O–H groups in total. The van der Waals surface area contributed by atoms with Crippen LogP contribution in [0.3, 0.4) is 0 Å². The molecule has 1 amide bonds. The van der Waals surface area contributed by atoms with Gasteiger partial charge in [0.25, 0.3) is 0 Å². The van der Waals surface area contributed by atoms with Crippen LogP contribution in [0, 0.1) is 0 Å². The fraction of sp³-hybridized carbons (Fsp3) is 0.722. The van der Waals surface area contributed by atoms with Gasteiger partial charge < -0.3 is 14.5 Å². The minimum absolute atomic E-state index is 0.166. The van der Waals surface area contributed by atoms with Gasteiger partial charge in [-0.25, -0.2) is 9.78 Å². The molecule has 1 atom stereocenters. The maximum absolute atomic E-state index is 12.0. The first-order valence-corrected chi connectivity index (χ1v) is 9.30. The Kier molecular flexibility index (Phi) is 3.96. The lowest BCUT2D eigenvalue weighted by molar-refractivity contribution is 0.137. The Balaban J connectivity index is 1.72. The summed E-state index contributed by atoms with van der Waals surface area (Å²) >= 11 is 0. The number of anilines is 2. The molecule has 1 aromatic heterocycles. The number of ether oxygens (including phenoxy) is 1. The van der Waals surface area contributed by atoms with Crippen LogP contribution in [0.4, 0.5) is 16.6 Å². The van der Waals surface area contributed by atoms with Crippen LogP contribution in [0.15, 0.2) is 0 Å². The number of cyclic esters (lactones) is 1. The van der Waals surface area contributed by atoms with Gasteiger partial charge in [-0.1, -0.05) is 6.92 Å². The van der Waals surface area contributed by atoms with Gasteiger partial charge in [0.1, 0.15) is 12.4 Å². The fourth-order valence-electron chi connectivity index (χ4n) is 4.27. The van der Waals surface area contributed by atoms with E-state index in [1.54, 1.807) is 0 Å². The number of rotatable bonds is 3. The Morgan fingerprint density at radius 1 is 1.20 bits per heavy atom. The minimum atomic E-state index is -0.222. The maximum Gasteiger partial charge on any atom is 0.410 e. The molecule has 136 valence electrons. The first-order valence-electron chi connectivity index (χ1n) is 9.30. The smallest absolute Gasteiger partial charge is 0.410 e. The van der Waals surface area contributed by atoms with Gasteiger partial charge in [0.15, 0.2) is 0 Å². The third kappa shape index (κ3) is 2.60. The summed E-state index contributed by atoms with van der Waals surface area (Å²) in [5, 5.41) is 0. The lowest BCUT2D eigenvalue weighted by atomic mass is 9.91. The molecule has 0 aromatic carbocycles. The van der Waals surface area contributed by atoms with E-state index >= 15 is 0 Å². The summed E-state index contributed by atoms with van der Waals surface area (Å²) in [5.74, 6) is 1.85. The SMILES string of the molecule is CCC12COC(=O)N1CCN(c1nc(N(C)C)nc3c1CCCC3)C2. The summed E-state index contributed by atoms with van der Waals surface area (Å²) in [6.07, 6.45) is 5.21. The Bertz CT molecular complexity index is 692. The van der Waals surface area contributed by atoms with Crippen molar-refractivity contribution in [3.63, 3.8) is 0 Å². The molecule has 25 heavy (non-hydrogen) atoms. The number of carbonyl (C=O) groups excluding carboxylic acids is 1. The van der Waals surface area contributed by atoms with Crippen LogP contribution >= 0.6 is 0 Å². The summed E-state index contributed by atoms with van der Waals surface area (Å²) < 4.78 is 5.37. The van der Waals surface area contributed by atoms with Crippen LogP contribution in [-0.2, 0) is 17.6 Å². The second kappa shape index (κ2) is 6.04. The molecule has 1 aliphatic carbocycles. The molecule has 0 spiro atoms. The van der Waals surface area contributed by atoms with Crippen molar-refractivity contribution < 1.29 is 9.53 Å². The summed E-state index contributed by atoms with van der Waals surface area (Å²) in [4.78, 5) is 28.0. The third-order valence-corrected chi connectivity index (χ3v) is 5.84. The van der Waals surface area contributed by atoms with Crippen molar-refractivity contribution >= 4 is 17.9 Å². The van der Waals surface area contributed by atoms with Gasteiger partial charge in [-0.2, -0.15) is 4.98 Å². The Morgan fingerprint density at radius 3 is 2.76 bits per heavy atom. The molecule has 2 saturated heterocycles. The molecule has 3 aliphatic rings. The average molecular weight is 345 g/mol. The molecule has 7 heteroatoms. The van der Waals surface area contributed by atoms with E-state index in [0.29, 0.717) is 13.2 Å². The number of hydrogen-bond acceptors (Lipinski definition) is 6. The molecule has 2 fully saturated rings. The summed E-state index contributed by atoms with van der Waals surface area (Å²) in [5.41, 5.74) is 2.29. The Labute approximate surface area is 149 Å². The molecule has 7 nitrogen and oxygen atoms in total. The zero-order valence-corrected chi connectivity index (χ0v) is 15.4. The quantitative estimate of drug-likeness (QED) is 0.833. The van der Waals surface area contributed by atoms with Crippen molar-refractivity contribution in [1.29, 1.82) is 0 Å². The lowest BCUT2D eigenvalue weighted by Gasteiger charge is -2.45. The monoisotopic (exact) mass is 345 g/mol. The second-order valence-corrected chi connectivity index (χ2v) is 7.58. The van der Waals surface area contributed by atoms with Crippen LogP contribution in [0.2, 0.25) is 0 Å². The van der Waals surface area contributed by atoms with Gasteiger partial charge in [-0.15, -0.1) is 0 Å². The van der Waals surface area contributed by atoms with Crippen molar-refractivity contribution in [2.24, 2.45) is 0 Å². The molecule has 1 unspecified atom stereocenters. The molecular weight excluding hydrogens is 318 g/mol. The van der Waals surface area contributed by atoms with Crippen molar-refractivity contribution in [2.45, 2.75) is 44.6 Å². The molecular formula is C18H27N5O2. The molecule has 3 heterocycles. The standard InChI is InChI=1S/C18H27N5O2/c1-4-18-11-22(9-10-23(18)17(24)25-12-18)15-13-7-5-6-8-14(13)19-16(20-15)21(2)3/h4-12H2,1-3H3. The molecule has 4 rings (SSSR count). The summed E-state index contributed by atoms with van der Waals surface area (Å²) in [6.45, 7) is 4.90. The molecule has 0 saturated carbocycles. The van der Waals surface area contributed by atoms with Crippen molar-refractivity contribution in [1.82, 2.24) is 14.9 Å². The predicted octanol–water partition coefficient (Wildman–Crippen LogP) is 1.84. The van der Waals surface area contributed by atoms with E-state index in [4.69, 9.17) is 14.7 Å². The van der Waals surface area contributed by atoms with Crippen LogP contribution in [0.25, 0.3) is 0 Å². The van der Waals surface area contributed by atoms with Crippen LogP contribution in [0.5, 0.6) is 0 Å². The minimum Gasteiger partial charge on any atom is -0.447 e. The van der Waals surface area contributed by atoms with E-state index in [0.717, 1.165) is 44.1 Å². The number of fused-ring (bicyclic) bond motifs is 2. The van der Waals surface area contributed by atoms with E-state index in [9.17, 15) is 4.79 Å². The highest BCUT2D eigenvalue weighted by atomic mass is 16.6. The van der Waals surface area contributed by atoms with Gasteiger partial charge in [0.05, 0.1) is 11.2 Å². The van der Waals surface area contributed by atoms with Gasteiger partial charge in [0.2, 0.25) is 5.95 Å². The second-order valence-electron chi connectivity index (χ2n) is 7.58. The molecule has 1 aromatic rings. The highest BCUT2D eigenvalue weighted by Crippen LogP contribution is 2.36. The Hall–Kier alpha value is -2.05. The number of aryl methyl sites for hydroxylation is 1. The highest BCUT2D eigenvalue weighted by molar-refractivity contribution is 5.72. The van der Waals surface area contributed by atoms with E-state index in [1.165, 1.54) is 24.1 Å². The average Bonchev–Trinajstić information content (AvgIpc) is 2.97. The van der Waals surface area contributed by atoms with Gasteiger partial charge >= 0.3 is 6.09 Å². The van der Waals surface area contributed by atoms with Gasteiger partial charge in [-0.05, 0) is 32.1 Å². The van der Waals surface area contributed by atoms with Crippen LogP contribution in [-0.4, -0.2) is 66.8 Å². The van der Waals surface area contributed by atoms with E-state index in [1.807, 2.05) is 23.9 Å². The van der Waals surface area contributed by atoms with E-state index in [-0.39, 0.29) is 11.6 Å².